The number of rotatable bonds is 5. The van der Waals surface area contributed by atoms with Gasteiger partial charge in [0.1, 0.15) is 0 Å². The number of ether oxygens (including phenoxy) is 1. The Morgan fingerprint density at radius 3 is 2.56 bits per heavy atom. The zero-order valence-electron chi connectivity index (χ0n) is 20.7. The first-order chi connectivity index (χ1) is 16.2. The van der Waals surface area contributed by atoms with E-state index in [2.05, 4.69) is 16.8 Å². The van der Waals surface area contributed by atoms with Gasteiger partial charge in [0.25, 0.3) is 0 Å². The minimum absolute atomic E-state index is 0.114. The molecule has 0 unspecified atom stereocenters. The number of thioether (sulfide) groups is 1. The summed E-state index contributed by atoms with van der Waals surface area (Å²) in [6.45, 7) is 11.0. The second-order valence-electron chi connectivity index (χ2n) is 9.47. The maximum atomic E-state index is 13.3. The van der Waals surface area contributed by atoms with Gasteiger partial charge in [0.15, 0.2) is 5.17 Å². The number of aliphatic imine (C=N–C) groups is 1. The lowest BCUT2D eigenvalue weighted by Crippen LogP contribution is -2.39. The molecule has 1 fully saturated rings. The molecule has 3 aliphatic heterocycles. The van der Waals surface area contributed by atoms with Crippen molar-refractivity contribution in [2.24, 2.45) is 4.99 Å². The summed E-state index contributed by atoms with van der Waals surface area (Å²) in [5.74, 6) is -0.248. The first-order valence-electron chi connectivity index (χ1n) is 11.9. The SMILES string of the molecule is CC1=C(C(=O)OC(C)C)[C@@H](c2ccc(C)cc2)N2C(CC(=O)N3CCCN(C)CC3)=CSC2=N1. The van der Waals surface area contributed by atoms with E-state index in [4.69, 9.17) is 9.73 Å². The van der Waals surface area contributed by atoms with Crippen molar-refractivity contribution in [1.29, 1.82) is 0 Å². The summed E-state index contributed by atoms with van der Waals surface area (Å²) < 4.78 is 5.62. The average Bonchev–Trinajstić information content (AvgIpc) is 3.02. The second kappa shape index (κ2) is 10.4. The first-order valence-corrected chi connectivity index (χ1v) is 12.8. The Morgan fingerprint density at radius 1 is 1.12 bits per heavy atom. The Bertz CT molecular complexity index is 1040. The lowest BCUT2D eigenvalue weighted by molar-refractivity contribution is -0.143. The molecule has 1 atom stereocenters. The van der Waals surface area contributed by atoms with E-state index in [1.165, 1.54) is 11.8 Å². The van der Waals surface area contributed by atoms with Crippen LogP contribution >= 0.6 is 11.8 Å². The topological polar surface area (TPSA) is 65.5 Å². The number of likely N-dealkylation sites (N-methyl/N-ethyl adjacent to an activating group) is 1. The van der Waals surface area contributed by atoms with Gasteiger partial charge < -0.3 is 19.4 Å². The van der Waals surface area contributed by atoms with Gasteiger partial charge in [0, 0.05) is 25.3 Å². The number of esters is 1. The van der Waals surface area contributed by atoms with Crippen LogP contribution in [0.2, 0.25) is 0 Å². The highest BCUT2D eigenvalue weighted by atomic mass is 32.2. The fourth-order valence-electron chi connectivity index (χ4n) is 4.54. The summed E-state index contributed by atoms with van der Waals surface area (Å²) in [6, 6.07) is 7.81. The van der Waals surface area contributed by atoms with E-state index in [0.717, 1.165) is 54.6 Å². The monoisotopic (exact) mass is 482 g/mol. The van der Waals surface area contributed by atoms with Crippen LogP contribution in [0.3, 0.4) is 0 Å². The molecule has 3 aliphatic rings. The van der Waals surface area contributed by atoms with Crippen molar-refractivity contribution in [1.82, 2.24) is 14.7 Å². The average molecular weight is 483 g/mol. The zero-order valence-corrected chi connectivity index (χ0v) is 21.5. The molecule has 0 aliphatic carbocycles. The number of hydrogen-bond acceptors (Lipinski definition) is 7. The molecular weight excluding hydrogens is 448 g/mol. The third-order valence-electron chi connectivity index (χ3n) is 6.36. The van der Waals surface area contributed by atoms with Crippen LogP contribution < -0.4 is 0 Å². The van der Waals surface area contributed by atoms with Crippen LogP contribution in [0.25, 0.3) is 0 Å². The van der Waals surface area contributed by atoms with Crippen molar-refractivity contribution >= 4 is 28.8 Å². The molecule has 34 heavy (non-hydrogen) atoms. The van der Waals surface area contributed by atoms with Crippen molar-refractivity contribution in [3.8, 4) is 0 Å². The molecule has 8 heteroatoms. The minimum atomic E-state index is -0.385. The number of hydrogen-bond donors (Lipinski definition) is 0. The number of allylic oxidation sites excluding steroid dienone is 1. The zero-order chi connectivity index (χ0) is 24.4. The van der Waals surface area contributed by atoms with Crippen LogP contribution in [0.15, 0.2) is 51.6 Å². The third kappa shape index (κ3) is 5.23. The van der Waals surface area contributed by atoms with Crippen molar-refractivity contribution in [2.45, 2.75) is 52.7 Å². The van der Waals surface area contributed by atoms with Gasteiger partial charge in [0.05, 0.1) is 29.8 Å². The smallest absolute Gasteiger partial charge is 0.338 e. The van der Waals surface area contributed by atoms with E-state index in [1.807, 2.05) is 62.3 Å². The van der Waals surface area contributed by atoms with E-state index in [0.29, 0.717) is 11.3 Å². The minimum Gasteiger partial charge on any atom is -0.459 e. The quantitative estimate of drug-likeness (QED) is 0.590. The number of fused-ring (bicyclic) bond motifs is 1. The van der Waals surface area contributed by atoms with Crippen LogP contribution in [-0.2, 0) is 14.3 Å². The van der Waals surface area contributed by atoms with E-state index in [1.54, 1.807) is 0 Å². The lowest BCUT2D eigenvalue weighted by atomic mass is 9.93. The highest BCUT2D eigenvalue weighted by Gasteiger charge is 2.41. The number of aryl methyl sites for hydroxylation is 1. The second-order valence-corrected chi connectivity index (χ2v) is 10.3. The maximum Gasteiger partial charge on any atom is 0.338 e. The fourth-order valence-corrected chi connectivity index (χ4v) is 5.50. The van der Waals surface area contributed by atoms with E-state index < -0.39 is 0 Å². The maximum absolute atomic E-state index is 13.3. The molecule has 7 nitrogen and oxygen atoms in total. The molecule has 1 aromatic rings. The van der Waals surface area contributed by atoms with Gasteiger partial charge in [-0.15, -0.1) is 0 Å². The van der Waals surface area contributed by atoms with Crippen molar-refractivity contribution < 1.29 is 14.3 Å². The van der Waals surface area contributed by atoms with Gasteiger partial charge in [-0.25, -0.2) is 9.79 Å². The number of benzene rings is 1. The molecule has 182 valence electrons. The van der Waals surface area contributed by atoms with Gasteiger partial charge in [-0.1, -0.05) is 41.6 Å². The molecule has 0 aromatic heterocycles. The van der Waals surface area contributed by atoms with Crippen molar-refractivity contribution in [3.05, 3.63) is 57.8 Å². The lowest BCUT2D eigenvalue weighted by Gasteiger charge is -2.37. The van der Waals surface area contributed by atoms with Gasteiger partial charge in [-0.05, 0) is 58.7 Å². The summed E-state index contributed by atoms with van der Waals surface area (Å²) in [6.07, 6.45) is 1.03. The van der Waals surface area contributed by atoms with Crippen molar-refractivity contribution in [3.63, 3.8) is 0 Å². The van der Waals surface area contributed by atoms with Crippen molar-refractivity contribution in [2.75, 3.05) is 33.2 Å². The number of amides is 1. The number of carbonyl (C=O) groups is 2. The highest BCUT2D eigenvalue weighted by Crippen LogP contribution is 2.45. The Kier molecular flexibility index (Phi) is 7.48. The standard InChI is InChI=1S/C26H34N4O3S/c1-17(2)33-25(32)23-19(4)27-26-30(24(23)20-9-7-18(3)8-10-20)21(16-34-26)15-22(31)29-12-6-11-28(5)13-14-29/h7-10,16-17,24H,6,11-15H2,1-5H3/t24-/m1/s1. The molecule has 0 saturated carbocycles. The molecule has 1 saturated heterocycles. The molecule has 4 rings (SSSR count). The largest absolute Gasteiger partial charge is 0.459 e. The van der Waals surface area contributed by atoms with Gasteiger partial charge in [-0.2, -0.15) is 0 Å². The Morgan fingerprint density at radius 2 is 1.85 bits per heavy atom. The molecular formula is C26H34N4O3S. The number of nitrogens with zero attached hydrogens (tertiary/aromatic N) is 4. The number of amidine groups is 1. The Balaban J connectivity index is 1.65. The van der Waals surface area contributed by atoms with E-state index in [9.17, 15) is 9.59 Å². The summed E-state index contributed by atoms with van der Waals surface area (Å²) in [4.78, 5) is 37.5. The molecule has 1 amide bonds. The summed E-state index contributed by atoms with van der Waals surface area (Å²) in [5.41, 5.74) is 4.18. The summed E-state index contributed by atoms with van der Waals surface area (Å²) in [7, 11) is 2.10. The van der Waals surface area contributed by atoms with Crippen LogP contribution in [-0.4, -0.2) is 71.1 Å². The Hall–Kier alpha value is -2.58. The first kappa shape index (κ1) is 24.5. The third-order valence-corrected chi connectivity index (χ3v) is 7.25. The van der Waals surface area contributed by atoms with Gasteiger partial charge in [-0.3, -0.25) is 4.79 Å². The fraction of sp³-hybridized carbons (Fsp3) is 0.500. The molecule has 1 aromatic carbocycles. The normalized spacial score (nSPS) is 21.3. The molecule has 0 spiro atoms. The highest BCUT2D eigenvalue weighted by molar-refractivity contribution is 8.16. The molecule has 0 bridgehead atoms. The van der Waals surface area contributed by atoms with Crippen LogP contribution in [0.4, 0.5) is 0 Å². The van der Waals surface area contributed by atoms with Crippen LogP contribution in [0, 0.1) is 6.92 Å². The van der Waals surface area contributed by atoms with E-state index >= 15 is 0 Å². The van der Waals surface area contributed by atoms with Crippen LogP contribution in [0.1, 0.15) is 50.8 Å². The summed E-state index contributed by atoms with van der Waals surface area (Å²) >= 11 is 1.51. The molecule has 0 radical (unpaired) electrons. The van der Waals surface area contributed by atoms with Gasteiger partial charge >= 0.3 is 5.97 Å². The molecule has 3 heterocycles. The Labute approximate surface area is 206 Å². The van der Waals surface area contributed by atoms with Crippen LogP contribution in [0.5, 0.6) is 0 Å². The van der Waals surface area contributed by atoms with Gasteiger partial charge in [0.2, 0.25) is 5.91 Å². The molecule has 0 N–H and O–H groups in total. The van der Waals surface area contributed by atoms with E-state index in [-0.39, 0.29) is 30.4 Å². The summed E-state index contributed by atoms with van der Waals surface area (Å²) in [5, 5.41) is 2.80. The predicted molar refractivity (Wildman–Crippen MR) is 136 cm³/mol. The number of carbonyl (C=O) groups excluding carboxylic acids is 2. The predicted octanol–water partition coefficient (Wildman–Crippen LogP) is 4.08.